The Morgan fingerprint density at radius 3 is 0.803 bits per heavy atom. The van der Waals surface area contributed by atoms with Crippen LogP contribution in [0.4, 0.5) is 0 Å². The number of hydrogen-bond acceptors (Lipinski definition) is 12. The zero-order chi connectivity index (χ0) is 105. The summed E-state index contributed by atoms with van der Waals surface area (Å²) in [6, 6.07) is 0. The molecule has 21 nitrogen and oxygen atoms in total. The lowest BCUT2D eigenvalue weighted by atomic mass is 9.54. The van der Waals surface area contributed by atoms with E-state index in [-0.39, 0.29) is 59.3 Å². The molecular weight excluding hydrogens is 1770 g/mol. The first-order valence-electron chi connectivity index (χ1n) is 55.8. The third kappa shape index (κ3) is 28.6. The van der Waals surface area contributed by atoms with Crippen molar-refractivity contribution in [3.8, 4) is 23.7 Å². The molecule has 0 radical (unpaired) electrons. The average Bonchev–Trinajstić information content (AvgIpc) is 1.51. The molecule has 10 heterocycles. The van der Waals surface area contributed by atoms with Gasteiger partial charge in [-0.25, -0.2) is 0 Å². The van der Waals surface area contributed by atoms with Crippen LogP contribution in [0.3, 0.4) is 0 Å². The van der Waals surface area contributed by atoms with Crippen molar-refractivity contribution in [2.45, 2.75) is 293 Å². The Bertz CT molecular complexity index is 4480. The van der Waals surface area contributed by atoms with Gasteiger partial charge in [0.1, 0.15) is 0 Å². The molecule has 9 aliphatic carbocycles. The van der Waals surface area contributed by atoms with Gasteiger partial charge in [0.15, 0.2) is 6.10 Å². The molecule has 19 fully saturated rings. The van der Waals surface area contributed by atoms with Crippen LogP contribution in [-0.4, -0.2) is 279 Å². The van der Waals surface area contributed by atoms with E-state index < -0.39 is 0 Å². The van der Waals surface area contributed by atoms with Crippen LogP contribution in [0.2, 0.25) is 0 Å². The van der Waals surface area contributed by atoms with Crippen LogP contribution in [0.5, 0.6) is 0 Å². The van der Waals surface area contributed by atoms with Crippen LogP contribution in [0.1, 0.15) is 287 Å². The zero-order valence-corrected chi connectivity index (χ0v) is 93.9. The van der Waals surface area contributed by atoms with Crippen LogP contribution >= 0.6 is 0 Å². The summed E-state index contributed by atoms with van der Waals surface area (Å²) in [5.41, 5.74) is 4.84. The van der Waals surface area contributed by atoms with Crippen molar-refractivity contribution in [2.75, 3.05) is 166 Å². The quantitative estimate of drug-likeness (QED) is 0.0674. The van der Waals surface area contributed by atoms with Crippen LogP contribution in [-0.2, 0) is 47.9 Å². The molecule has 0 aromatic rings. The number of epoxide rings is 1. The molecule has 9 saturated carbocycles. The van der Waals surface area contributed by atoms with Gasteiger partial charge in [0, 0.05) is 176 Å². The first-order valence-corrected chi connectivity index (χ1v) is 55.8. The van der Waals surface area contributed by atoms with Gasteiger partial charge in [-0.3, -0.25) is 43.2 Å². The third-order valence-electron chi connectivity index (χ3n) is 38.0. The molecule has 1 unspecified atom stereocenters. The van der Waals surface area contributed by atoms with E-state index in [1.807, 2.05) is 97.4 Å². The second-order valence-corrected chi connectivity index (χ2v) is 53.9. The highest BCUT2D eigenvalue weighted by Gasteiger charge is 2.61. The van der Waals surface area contributed by atoms with E-state index in [1.165, 1.54) is 153 Å². The number of ether oxygens (including phenoxy) is 1. The monoisotopic (exact) mass is 1960 g/mol. The van der Waals surface area contributed by atoms with Gasteiger partial charge >= 0.3 is 0 Å². The van der Waals surface area contributed by atoms with Crippen LogP contribution in [0.15, 0.2) is 74.4 Å². The molecule has 9 amide bonds. The summed E-state index contributed by atoms with van der Waals surface area (Å²) in [5, 5.41) is 0. The van der Waals surface area contributed by atoms with Crippen molar-refractivity contribution in [2.24, 2.45) is 155 Å². The standard InChI is InChI=1S/C16H28N2O.C15H26N2O.C15H23NO.2C13H21NO.C13H19NO.C12H19NO2.2C12H19NO/c1-13(2)14-10-16(11-14)7-9-18(12-16)15(19)6-5-8-17(3)4;1-12(2)13-8-15(9-13)10-17(11-15)14(18)6-5-7-16(3)4;1-5-6-13(17)16-8-7-15(11-16)9-12(10-15)14(2,3)4;1-4-12(15)14-6-5-13(9-14)7-11(8-13)10(2)3;2*1-4-5-12(15)14-8-13(9-14)6-11(7-13)10(2)3;1-8(2)9-3-12(4-9)6-13(7-12)11(14)10-5-15-10;2*1-4-11(14)13-7-12(8-13)5-10(6-12)9(2)3/h5-6,13-14H,7-12H2,1-4H3;5-6,12-13H,7-11H2,1-4H3;12H,7-11H2,1-4H3;4,10-11H,1,5-9H2,2-3H3;4-5,10-11H,6-9H2,1-3H3;10-11H,6-9H2,1-3H3;8-10H,3-7H2,1-2H3;2*4,9-10H,1,5-8H2,2-3H3/b2*6-5+;;;5-4+;;;;. The van der Waals surface area contributed by atoms with Crippen molar-refractivity contribution in [3.63, 3.8) is 0 Å². The fourth-order valence-corrected chi connectivity index (χ4v) is 27.5. The fraction of sp³-hybridized carbons (Fsp3) is 0.793. The van der Waals surface area contributed by atoms with Gasteiger partial charge in [0.2, 0.25) is 35.4 Å². The first-order chi connectivity index (χ1) is 66.6. The van der Waals surface area contributed by atoms with E-state index in [0.29, 0.717) is 60.8 Å². The molecule has 19 rings (SSSR count). The maximum atomic E-state index is 12.1. The van der Waals surface area contributed by atoms with E-state index in [0.717, 1.165) is 231 Å². The molecule has 19 aliphatic rings. The number of allylic oxidation sites excluding steroid dienone is 1. The Hall–Kier alpha value is -7.33. The van der Waals surface area contributed by atoms with Gasteiger partial charge in [0.25, 0.3) is 17.7 Å². The van der Waals surface area contributed by atoms with Gasteiger partial charge in [0.05, 0.1) is 6.61 Å². The summed E-state index contributed by atoms with van der Waals surface area (Å²) in [5.74, 6) is 26.2. The van der Waals surface area contributed by atoms with Crippen LogP contribution in [0, 0.1) is 178 Å². The molecule has 0 bridgehead atoms. The maximum absolute atomic E-state index is 12.1. The summed E-state index contributed by atoms with van der Waals surface area (Å²) >= 11 is 0. The summed E-state index contributed by atoms with van der Waals surface area (Å²) in [6.45, 7) is 79.5. The third-order valence-corrected chi connectivity index (χ3v) is 38.0. The van der Waals surface area contributed by atoms with Gasteiger partial charge in [-0.15, -0.1) is 0 Å². The Morgan fingerprint density at radius 1 is 0.324 bits per heavy atom. The van der Waals surface area contributed by atoms with E-state index in [9.17, 15) is 43.2 Å². The van der Waals surface area contributed by atoms with Gasteiger partial charge in [-0.1, -0.05) is 181 Å². The Morgan fingerprint density at radius 2 is 0.542 bits per heavy atom. The second kappa shape index (κ2) is 47.5. The van der Waals surface area contributed by atoms with Crippen molar-refractivity contribution >= 4 is 53.2 Å². The average molecular weight is 1960 g/mol. The summed E-state index contributed by atoms with van der Waals surface area (Å²) < 4.78 is 5.02. The predicted molar refractivity (Wildman–Crippen MR) is 575 cm³/mol. The smallest absolute Gasteiger partial charge is 0.298 e. The highest BCUT2D eigenvalue weighted by atomic mass is 16.6. The molecule has 21 heteroatoms. The van der Waals surface area contributed by atoms with Crippen LogP contribution in [0.25, 0.3) is 0 Å². The predicted octanol–water partition coefficient (Wildman–Crippen LogP) is 19.3. The topological polar surface area (TPSA) is 202 Å². The number of rotatable bonds is 19. The molecule has 794 valence electrons. The molecule has 9 spiro atoms. The molecular formula is C121H195N11O10. The lowest BCUT2D eigenvalue weighted by Gasteiger charge is -2.60. The number of amides is 9. The first kappa shape index (κ1) is 115. The van der Waals surface area contributed by atoms with Crippen LogP contribution < -0.4 is 0 Å². The van der Waals surface area contributed by atoms with Crippen molar-refractivity contribution in [1.29, 1.82) is 0 Å². The van der Waals surface area contributed by atoms with E-state index in [1.54, 1.807) is 32.1 Å². The molecule has 142 heavy (non-hydrogen) atoms. The largest absolute Gasteiger partial charge is 0.363 e. The van der Waals surface area contributed by atoms with Crippen molar-refractivity contribution in [3.05, 3.63) is 74.4 Å². The van der Waals surface area contributed by atoms with E-state index in [4.69, 9.17) is 4.74 Å². The number of carbonyl (C=O) groups excluding carboxylic acids is 9. The maximum Gasteiger partial charge on any atom is 0.298 e. The minimum Gasteiger partial charge on any atom is -0.363 e. The Labute approximate surface area is 861 Å². The highest BCUT2D eigenvalue weighted by Crippen LogP contribution is 2.62. The Balaban J connectivity index is 0.000000153. The molecule has 0 N–H and O–H groups in total. The van der Waals surface area contributed by atoms with Gasteiger partial charge in [-0.2, -0.15) is 0 Å². The van der Waals surface area contributed by atoms with Crippen molar-refractivity contribution in [1.82, 2.24) is 53.9 Å². The molecule has 10 saturated heterocycles. The number of nitrogens with zero attached hydrogens (tertiary/aromatic N) is 11. The lowest BCUT2D eigenvalue weighted by Crippen LogP contribution is -2.64. The second-order valence-electron chi connectivity index (χ2n) is 53.9. The molecule has 10 aliphatic heterocycles. The summed E-state index contributed by atoms with van der Waals surface area (Å²) in [6.07, 6.45) is 42.5. The van der Waals surface area contributed by atoms with E-state index in [2.05, 4.69) is 185 Å². The summed E-state index contributed by atoms with van der Waals surface area (Å²) in [7, 11) is 8.04. The Kier molecular flexibility index (Phi) is 38.4. The van der Waals surface area contributed by atoms with Gasteiger partial charge < -0.3 is 58.6 Å². The lowest BCUT2D eigenvalue weighted by molar-refractivity contribution is -0.158. The normalized spacial score (nSPS) is 25.8. The minimum absolute atomic E-state index is 0.0103. The SMILES string of the molecule is C/C=C/C(=O)N1CC2(CC(C(C)C)C2)C1.C=CC(=O)N1CC2(CC(C(C)C)C2)C1.C=CC(=O)N1CC2(CC(C(C)C)C2)C1.C=CC(=O)N1CCC2(CC(C(C)C)C2)C1.CC#CC(=O)N1CC2(CC(C(C)C)C2)C1.CC#CC(=O)N1CCC2(CC(C(C)(C)C)C2)C1.CC(C)C1CC2(C1)CN(C(=O)/C=C/CN(C)C)C2.CC(C)C1CC2(C1)CN(C(=O)C1CO1)C2.CC(C)C1CC2(CCN(C(=O)/C=C/CN(C)C)C2)C1. The highest BCUT2D eigenvalue weighted by molar-refractivity contribution is 5.95. The number of carbonyl (C=O) groups is 9. The minimum atomic E-state index is -0.0803. The summed E-state index contributed by atoms with van der Waals surface area (Å²) in [4.78, 5) is 126. The van der Waals surface area contributed by atoms with Crippen molar-refractivity contribution < 1.29 is 47.9 Å². The molecule has 0 aromatic heterocycles. The molecule has 0 aromatic carbocycles. The zero-order valence-electron chi connectivity index (χ0n) is 93.9. The fourth-order valence-electron chi connectivity index (χ4n) is 27.5. The number of hydrogen-bond donors (Lipinski definition) is 0. The number of likely N-dealkylation sites (tertiary alicyclic amines) is 9. The molecule has 1 atom stereocenters. The number of likely N-dealkylation sites (N-methyl/N-ethyl adjacent to an activating group) is 2. The van der Waals surface area contributed by atoms with E-state index >= 15 is 0 Å². The van der Waals surface area contributed by atoms with Gasteiger partial charge in [-0.05, 0) is 342 Å².